The second-order valence-corrected chi connectivity index (χ2v) is 6.07. The number of carbonyl (C=O) groups excluding carboxylic acids is 1. The monoisotopic (exact) mass is 329 g/mol. The molecule has 0 bridgehead atoms. The van der Waals surface area contributed by atoms with Crippen molar-refractivity contribution < 1.29 is 9.53 Å². The first-order valence-corrected chi connectivity index (χ1v) is 8.48. The van der Waals surface area contributed by atoms with Crippen molar-refractivity contribution in [2.45, 2.75) is 6.42 Å². The van der Waals surface area contributed by atoms with E-state index in [4.69, 9.17) is 4.74 Å². The Kier molecular flexibility index (Phi) is 4.21. The molecule has 0 radical (unpaired) electrons. The van der Waals surface area contributed by atoms with Gasteiger partial charge in [-0.3, -0.25) is 4.79 Å². The van der Waals surface area contributed by atoms with E-state index in [1.54, 1.807) is 0 Å². The van der Waals surface area contributed by atoms with Crippen LogP contribution in [0.1, 0.15) is 5.56 Å². The number of nitrogens with zero attached hydrogens (tertiary/aromatic N) is 1. The molecule has 0 unspecified atom stereocenters. The summed E-state index contributed by atoms with van der Waals surface area (Å²) in [6.07, 6.45) is 0.905. The molecule has 0 spiro atoms. The minimum Gasteiger partial charge on any atom is -0.483 e. The number of benzene rings is 3. The molecule has 1 aliphatic heterocycles. The van der Waals surface area contributed by atoms with Crippen LogP contribution in [0.25, 0.3) is 11.1 Å². The number of amides is 1. The molecule has 3 heteroatoms. The SMILES string of the molecule is O=C(COc1ccccc1-c1ccccc1)N1CCc2ccccc21. The predicted molar refractivity (Wildman–Crippen MR) is 99.9 cm³/mol. The van der Waals surface area contributed by atoms with Gasteiger partial charge in [-0.15, -0.1) is 0 Å². The zero-order chi connectivity index (χ0) is 17.1. The third-order valence-electron chi connectivity index (χ3n) is 4.51. The summed E-state index contributed by atoms with van der Waals surface area (Å²) in [5.41, 5.74) is 4.31. The first-order chi connectivity index (χ1) is 12.3. The fourth-order valence-corrected chi connectivity index (χ4v) is 3.26. The van der Waals surface area contributed by atoms with Crippen LogP contribution in [0.4, 0.5) is 5.69 Å². The molecule has 4 rings (SSSR count). The van der Waals surface area contributed by atoms with Crippen molar-refractivity contribution in [2.75, 3.05) is 18.1 Å². The minimum absolute atomic E-state index is 0.00665. The Hall–Kier alpha value is -3.07. The van der Waals surface area contributed by atoms with Crippen LogP contribution in [0.2, 0.25) is 0 Å². The number of ether oxygens (including phenoxy) is 1. The third kappa shape index (κ3) is 3.13. The molecule has 3 nitrogen and oxygen atoms in total. The van der Waals surface area contributed by atoms with Crippen LogP contribution in [0.15, 0.2) is 78.9 Å². The molecule has 0 aromatic heterocycles. The van der Waals surface area contributed by atoms with Crippen LogP contribution in [0.3, 0.4) is 0 Å². The van der Waals surface area contributed by atoms with Crippen LogP contribution in [-0.4, -0.2) is 19.1 Å². The molecule has 0 fully saturated rings. The molecule has 3 aromatic rings. The molecule has 1 heterocycles. The van der Waals surface area contributed by atoms with Gasteiger partial charge < -0.3 is 9.64 Å². The summed E-state index contributed by atoms with van der Waals surface area (Å²) in [5, 5.41) is 0. The Labute approximate surface area is 147 Å². The second kappa shape index (κ2) is 6.81. The van der Waals surface area contributed by atoms with Gasteiger partial charge in [0.05, 0.1) is 0 Å². The van der Waals surface area contributed by atoms with Gasteiger partial charge >= 0.3 is 0 Å². The van der Waals surface area contributed by atoms with E-state index in [0.29, 0.717) is 0 Å². The number of anilines is 1. The van der Waals surface area contributed by atoms with Crippen molar-refractivity contribution in [1.29, 1.82) is 0 Å². The van der Waals surface area contributed by atoms with Crippen molar-refractivity contribution in [2.24, 2.45) is 0 Å². The molecular weight excluding hydrogens is 310 g/mol. The summed E-state index contributed by atoms with van der Waals surface area (Å²) in [6, 6.07) is 26.0. The molecular formula is C22H19NO2. The van der Waals surface area contributed by atoms with Crippen LogP contribution in [-0.2, 0) is 11.2 Å². The average Bonchev–Trinajstić information content (AvgIpc) is 3.11. The zero-order valence-corrected chi connectivity index (χ0v) is 13.9. The highest BCUT2D eigenvalue weighted by atomic mass is 16.5. The second-order valence-electron chi connectivity index (χ2n) is 6.07. The quantitative estimate of drug-likeness (QED) is 0.713. The van der Waals surface area contributed by atoms with Crippen molar-refractivity contribution in [1.82, 2.24) is 0 Å². The van der Waals surface area contributed by atoms with E-state index in [2.05, 4.69) is 6.07 Å². The number of hydrogen-bond acceptors (Lipinski definition) is 2. The lowest BCUT2D eigenvalue weighted by Crippen LogP contribution is -2.33. The largest absolute Gasteiger partial charge is 0.483 e. The summed E-state index contributed by atoms with van der Waals surface area (Å²) in [7, 11) is 0. The van der Waals surface area contributed by atoms with Gasteiger partial charge in [-0.1, -0.05) is 66.7 Å². The molecule has 0 aliphatic carbocycles. The maximum atomic E-state index is 12.6. The molecule has 0 saturated heterocycles. The molecule has 124 valence electrons. The van der Waals surface area contributed by atoms with Gasteiger partial charge in [0.2, 0.25) is 0 Å². The summed E-state index contributed by atoms with van der Waals surface area (Å²) < 4.78 is 5.89. The minimum atomic E-state index is -0.00665. The first-order valence-electron chi connectivity index (χ1n) is 8.48. The summed E-state index contributed by atoms with van der Waals surface area (Å²) in [6.45, 7) is 0.764. The number of carbonyl (C=O) groups is 1. The fourth-order valence-electron chi connectivity index (χ4n) is 3.26. The van der Waals surface area contributed by atoms with Gasteiger partial charge in [-0.2, -0.15) is 0 Å². The van der Waals surface area contributed by atoms with E-state index >= 15 is 0 Å². The standard InChI is InChI=1S/C22H19NO2/c24-22(23-15-14-18-10-4-6-12-20(18)23)16-25-21-13-7-5-11-19(21)17-8-2-1-3-9-17/h1-13H,14-16H2. The highest BCUT2D eigenvalue weighted by Gasteiger charge is 2.24. The third-order valence-corrected chi connectivity index (χ3v) is 4.51. The number of fused-ring (bicyclic) bond motifs is 1. The van der Waals surface area contributed by atoms with E-state index in [-0.39, 0.29) is 12.5 Å². The van der Waals surface area contributed by atoms with Gasteiger partial charge in [-0.25, -0.2) is 0 Å². The normalized spacial score (nSPS) is 12.7. The summed E-state index contributed by atoms with van der Waals surface area (Å²) >= 11 is 0. The fraction of sp³-hybridized carbons (Fsp3) is 0.136. The Morgan fingerprint density at radius 1 is 0.880 bits per heavy atom. The molecule has 25 heavy (non-hydrogen) atoms. The van der Waals surface area contributed by atoms with Gasteiger partial charge in [-0.05, 0) is 29.7 Å². The van der Waals surface area contributed by atoms with E-state index in [1.165, 1.54) is 5.56 Å². The Morgan fingerprint density at radius 3 is 2.48 bits per heavy atom. The maximum Gasteiger partial charge on any atom is 0.264 e. The van der Waals surface area contributed by atoms with E-state index in [9.17, 15) is 4.79 Å². The van der Waals surface area contributed by atoms with Crippen molar-refractivity contribution in [3.8, 4) is 16.9 Å². The average molecular weight is 329 g/mol. The van der Waals surface area contributed by atoms with Crippen LogP contribution in [0, 0.1) is 0 Å². The summed E-state index contributed by atoms with van der Waals surface area (Å²) in [4.78, 5) is 14.5. The van der Waals surface area contributed by atoms with Gasteiger partial charge in [0.15, 0.2) is 6.61 Å². The number of para-hydroxylation sites is 2. The van der Waals surface area contributed by atoms with Crippen molar-refractivity contribution >= 4 is 11.6 Å². The molecule has 0 atom stereocenters. The lowest BCUT2D eigenvalue weighted by Gasteiger charge is -2.18. The van der Waals surface area contributed by atoms with E-state index in [0.717, 1.165) is 35.5 Å². The van der Waals surface area contributed by atoms with E-state index in [1.807, 2.05) is 77.7 Å². The molecule has 3 aromatic carbocycles. The smallest absolute Gasteiger partial charge is 0.264 e. The molecule has 0 N–H and O–H groups in total. The highest BCUT2D eigenvalue weighted by molar-refractivity contribution is 5.96. The lowest BCUT2D eigenvalue weighted by atomic mass is 10.1. The summed E-state index contributed by atoms with van der Waals surface area (Å²) in [5.74, 6) is 0.724. The first kappa shape index (κ1) is 15.5. The van der Waals surface area contributed by atoms with Crippen LogP contribution < -0.4 is 9.64 Å². The van der Waals surface area contributed by atoms with Gasteiger partial charge in [0.25, 0.3) is 5.91 Å². The zero-order valence-electron chi connectivity index (χ0n) is 13.9. The molecule has 1 aliphatic rings. The molecule has 0 saturated carbocycles. The van der Waals surface area contributed by atoms with Crippen molar-refractivity contribution in [3.05, 3.63) is 84.4 Å². The molecule has 1 amide bonds. The number of hydrogen-bond donors (Lipinski definition) is 0. The van der Waals surface area contributed by atoms with E-state index < -0.39 is 0 Å². The van der Waals surface area contributed by atoms with Crippen molar-refractivity contribution in [3.63, 3.8) is 0 Å². The van der Waals surface area contributed by atoms with Gasteiger partial charge in [0, 0.05) is 17.8 Å². The van der Waals surface area contributed by atoms with Crippen LogP contribution >= 0.6 is 0 Å². The lowest BCUT2D eigenvalue weighted by molar-refractivity contribution is -0.120. The Balaban J connectivity index is 1.50. The Bertz CT molecular complexity index is 889. The van der Waals surface area contributed by atoms with Gasteiger partial charge in [0.1, 0.15) is 5.75 Å². The maximum absolute atomic E-state index is 12.6. The van der Waals surface area contributed by atoms with Crippen LogP contribution in [0.5, 0.6) is 5.75 Å². The highest BCUT2D eigenvalue weighted by Crippen LogP contribution is 2.30. The number of rotatable bonds is 4. The Morgan fingerprint density at radius 2 is 1.60 bits per heavy atom. The predicted octanol–water partition coefficient (Wildman–Crippen LogP) is 4.32. The topological polar surface area (TPSA) is 29.5 Å².